The number of benzene rings is 3. The lowest BCUT2D eigenvalue weighted by Gasteiger charge is -2.07. The number of fused-ring (bicyclic) bond motifs is 1. The van der Waals surface area contributed by atoms with Crippen molar-refractivity contribution in [1.82, 2.24) is 10.3 Å². The van der Waals surface area contributed by atoms with Gasteiger partial charge in [0, 0.05) is 30.6 Å². The number of nitrogens with zero attached hydrogens (tertiary/aromatic N) is 1. The summed E-state index contributed by atoms with van der Waals surface area (Å²) in [5.74, 6) is 0.657. The fourth-order valence-electron chi connectivity index (χ4n) is 3.16. The van der Waals surface area contributed by atoms with Gasteiger partial charge in [-0.25, -0.2) is 0 Å². The number of amides is 1. The summed E-state index contributed by atoms with van der Waals surface area (Å²) in [6, 6.07) is 25.8. The molecule has 148 valence electrons. The van der Waals surface area contributed by atoms with Crippen LogP contribution in [0.3, 0.4) is 0 Å². The van der Waals surface area contributed by atoms with Crippen LogP contribution in [-0.4, -0.2) is 10.9 Å². The molecule has 4 heteroatoms. The van der Waals surface area contributed by atoms with Crippen molar-refractivity contribution in [2.45, 2.75) is 13.2 Å². The van der Waals surface area contributed by atoms with E-state index in [1.54, 1.807) is 18.5 Å². The van der Waals surface area contributed by atoms with E-state index < -0.39 is 0 Å². The maximum absolute atomic E-state index is 12.2. The van der Waals surface area contributed by atoms with E-state index in [1.807, 2.05) is 66.7 Å². The molecule has 0 aliphatic heterocycles. The third kappa shape index (κ3) is 5.11. The Morgan fingerprint density at radius 2 is 1.73 bits per heavy atom. The van der Waals surface area contributed by atoms with Gasteiger partial charge in [0.1, 0.15) is 12.4 Å². The summed E-state index contributed by atoms with van der Waals surface area (Å²) < 4.78 is 5.76. The maximum atomic E-state index is 12.2. The number of carbonyl (C=O) groups is 1. The summed E-state index contributed by atoms with van der Waals surface area (Å²) in [5.41, 5.74) is 3.06. The van der Waals surface area contributed by atoms with Crippen molar-refractivity contribution in [3.05, 3.63) is 114 Å². The van der Waals surface area contributed by atoms with Crippen molar-refractivity contribution in [2.75, 3.05) is 0 Å². The number of pyridine rings is 1. The molecule has 4 rings (SSSR count). The molecule has 1 aromatic heterocycles. The second-order valence-electron chi connectivity index (χ2n) is 6.91. The first kappa shape index (κ1) is 19.4. The van der Waals surface area contributed by atoms with E-state index in [4.69, 9.17) is 4.74 Å². The van der Waals surface area contributed by atoms with E-state index in [9.17, 15) is 4.79 Å². The molecule has 3 aromatic carbocycles. The van der Waals surface area contributed by atoms with Crippen LogP contribution in [0.15, 0.2) is 97.3 Å². The number of carbonyl (C=O) groups excluding carboxylic acids is 1. The van der Waals surface area contributed by atoms with Crippen LogP contribution in [0, 0.1) is 0 Å². The van der Waals surface area contributed by atoms with Crippen LogP contribution in [0.4, 0.5) is 0 Å². The van der Waals surface area contributed by atoms with Gasteiger partial charge in [0.2, 0.25) is 5.91 Å². The fourth-order valence-corrected chi connectivity index (χ4v) is 3.16. The number of ether oxygens (including phenoxy) is 1. The van der Waals surface area contributed by atoms with Gasteiger partial charge in [0.25, 0.3) is 0 Å². The van der Waals surface area contributed by atoms with Gasteiger partial charge in [-0.05, 0) is 46.2 Å². The van der Waals surface area contributed by atoms with Gasteiger partial charge in [-0.1, -0.05) is 60.7 Å². The van der Waals surface area contributed by atoms with Crippen molar-refractivity contribution in [2.24, 2.45) is 0 Å². The van der Waals surface area contributed by atoms with Crippen molar-refractivity contribution < 1.29 is 9.53 Å². The molecule has 4 nitrogen and oxygen atoms in total. The molecule has 0 bridgehead atoms. The maximum Gasteiger partial charge on any atom is 0.244 e. The normalized spacial score (nSPS) is 10.9. The molecule has 0 aliphatic rings. The minimum atomic E-state index is -0.125. The monoisotopic (exact) mass is 394 g/mol. The van der Waals surface area contributed by atoms with Gasteiger partial charge in [0.05, 0.1) is 0 Å². The first-order valence-electron chi connectivity index (χ1n) is 9.82. The largest absolute Gasteiger partial charge is 0.489 e. The second-order valence-corrected chi connectivity index (χ2v) is 6.91. The van der Waals surface area contributed by atoms with Crippen LogP contribution in [0.25, 0.3) is 16.8 Å². The Hall–Kier alpha value is -3.92. The van der Waals surface area contributed by atoms with E-state index in [0.717, 1.165) is 33.2 Å². The van der Waals surface area contributed by atoms with Gasteiger partial charge in [-0.2, -0.15) is 0 Å². The lowest BCUT2D eigenvalue weighted by atomic mass is 10.0. The average Bonchev–Trinajstić information content (AvgIpc) is 2.81. The summed E-state index contributed by atoms with van der Waals surface area (Å²) >= 11 is 0. The Morgan fingerprint density at radius 1 is 0.900 bits per heavy atom. The van der Waals surface area contributed by atoms with Gasteiger partial charge in [0.15, 0.2) is 0 Å². The summed E-state index contributed by atoms with van der Waals surface area (Å²) in [6.45, 7) is 0.935. The highest BCUT2D eigenvalue weighted by Crippen LogP contribution is 2.19. The van der Waals surface area contributed by atoms with E-state index in [0.29, 0.717) is 13.2 Å². The Kier molecular flexibility index (Phi) is 6.16. The molecule has 0 atom stereocenters. The molecule has 0 spiro atoms. The van der Waals surface area contributed by atoms with Crippen molar-refractivity contribution in [3.63, 3.8) is 0 Å². The van der Waals surface area contributed by atoms with E-state index in [2.05, 4.69) is 28.5 Å². The Bertz CT molecular complexity index is 1150. The Balaban J connectivity index is 1.30. The number of nitrogens with one attached hydrogen (secondary N) is 1. The van der Waals surface area contributed by atoms with Crippen molar-refractivity contribution in [3.8, 4) is 5.75 Å². The highest BCUT2D eigenvalue weighted by molar-refractivity contribution is 5.96. The third-order valence-electron chi connectivity index (χ3n) is 4.76. The molecule has 30 heavy (non-hydrogen) atoms. The molecule has 0 saturated heterocycles. The molecule has 0 unspecified atom stereocenters. The molecule has 0 saturated carbocycles. The van der Waals surface area contributed by atoms with Gasteiger partial charge < -0.3 is 10.1 Å². The van der Waals surface area contributed by atoms with Crippen LogP contribution < -0.4 is 10.1 Å². The standard InChI is InChI=1S/C26H22N2O2/c29-26(15-12-23-8-3-7-22-6-1-2-9-25(22)23)28-18-20-10-13-24(14-11-20)30-19-21-5-4-16-27-17-21/h1-17H,18-19H2,(H,28,29). The summed E-state index contributed by atoms with van der Waals surface area (Å²) in [5, 5.41) is 5.21. The number of aromatic nitrogens is 1. The summed E-state index contributed by atoms with van der Waals surface area (Å²) in [6.07, 6.45) is 6.96. The smallest absolute Gasteiger partial charge is 0.244 e. The summed E-state index contributed by atoms with van der Waals surface area (Å²) in [7, 11) is 0. The van der Waals surface area contributed by atoms with Crippen LogP contribution in [-0.2, 0) is 17.9 Å². The average molecular weight is 394 g/mol. The molecular weight excluding hydrogens is 372 g/mol. The lowest BCUT2D eigenvalue weighted by molar-refractivity contribution is -0.116. The van der Waals surface area contributed by atoms with Crippen LogP contribution >= 0.6 is 0 Å². The SMILES string of the molecule is O=C(C=Cc1cccc2ccccc12)NCc1ccc(OCc2cccnc2)cc1. The summed E-state index contributed by atoms with van der Waals surface area (Å²) in [4.78, 5) is 16.3. The topological polar surface area (TPSA) is 51.2 Å². The Labute approximate surface area is 175 Å². The predicted molar refractivity (Wildman–Crippen MR) is 120 cm³/mol. The van der Waals surface area contributed by atoms with Crippen LogP contribution in [0.1, 0.15) is 16.7 Å². The minimum absolute atomic E-state index is 0.125. The van der Waals surface area contributed by atoms with E-state index >= 15 is 0 Å². The molecule has 0 fully saturated rings. The molecule has 0 aliphatic carbocycles. The number of hydrogen-bond acceptors (Lipinski definition) is 3. The molecule has 1 heterocycles. The van der Waals surface area contributed by atoms with Gasteiger partial charge in [-0.15, -0.1) is 0 Å². The fraction of sp³-hybridized carbons (Fsp3) is 0.0769. The van der Waals surface area contributed by atoms with Crippen LogP contribution in [0.5, 0.6) is 5.75 Å². The first-order chi connectivity index (χ1) is 14.8. The molecule has 4 aromatic rings. The van der Waals surface area contributed by atoms with Crippen molar-refractivity contribution >= 4 is 22.8 Å². The lowest BCUT2D eigenvalue weighted by Crippen LogP contribution is -2.20. The van der Waals surface area contributed by atoms with E-state index in [-0.39, 0.29) is 5.91 Å². The zero-order valence-corrected chi connectivity index (χ0v) is 16.5. The second kappa shape index (κ2) is 9.52. The molecular formula is C26H22N2O2. The van der Waals surface area contributed by atoms with Gasteiger partial charge in [-0.3, -0.25) is 9.78 Å². The molecule has 1 amide bonds. The third-order valence-corrected chi connectivity index (χ3v) is 4.76. The first-order valence-corrected chi connectivity index (χ1v) is 9.82. The van der Waals surface area contributed by atoms with Crippen LogP contribution in [0.2, 0.25) is 0 Å². The van der Waals surface area contributed by atoms with E-state index in [1.165, 1.54) is 0 Å². The minimum Gasteiger partial charge on any atom is -0.489 e. The zero-order valence-electron chi connectivity index (χ0n) is 16.5. The molecule has 0 radical (unpaired) electrons. The highest BCUT2D eigenvalue weighted by atomic mass is 16.5. The highest BCUT2D eigenvalue weighted by Gasteiger charge is 2.01. The van der Waals surface area contributed by atoms with Crippen molar-refractivity contribution in [1.29, 1.82) is 0 Å². The number of rotatable bonds is 7. The number of hydrogen-bond donors (Lipinski definition) is 1. The predicted octanol–water partition coefficient (Wildman–Crippen LogP) is 5.14. The Morgan fingerprint density at radius 3 is 2.57 bits per heavy atom. The molecule has 1 N–H and O–H groups in total. The van der Waals surface area contributed by atoms with Gasteiger partial charge >= 0.3 is 0 Å². The zero-order chi connectivity index (χ0) is 20.6. The quantitative estimate of drug-likeness (QED) is 0.442.